The van der Waals surface area contributed by atoms with Crippen LogP contribution in [0.3, 0.4) is 0 Å². The summed E-state index contributed by atoms with van der Waals surface area (Å²) in [6.07, 6.45) is 0. The molecule has 0 spiro atoms. The predicted molar refractivity (Wildman–Crippen MR) is 94.8 cm³/mol. The number of ether oxygens (including phenoxy) is 2. The van der Waals surface area contributed by atoms with Crippen LogP contribution in [-0.2, 0) is 0 Å². The van der Waals surface area contributed by atoms with Crippen LogP contribution in [-0.4, -0.2) is 43.8 Å². The van der Waals surface area contributed by atoms with E-state index < -0.39 is 0 Å². The summed E-state index contributed by atoms with van der Waals surface area (Å²) >= 11 is 3.59. The van der Waals surface area contributed by atoms with E-state index in [1.165, 1.54) is 5.69 Å². The van der Waals surface area contributed by atoms with Crippen molar-refractivity contribution in [3.05, 3.63) is 52.5 Å². The molecule has 124 valence electrons. The highest BCUT2D eigenvalue weighted by atomic mass is 79.9. The fraction of sp³-hybridized carbons (Fsp3) is 0.278. The van der Waals surface area contributed by atoms with E-state index in [-0.39, 0.29) is 12.7 Å². The van der Waals surface area contributed by atoms with Crippen LogP contribution in [0, 0.1) is 0 Å². The number of piperazine rings is 1. The van der Waals surface area contributed by atoms with Crippen LogP contribution in [0.1, 0.15) is 10.4 Å². The smallest absolute Gasteiger partial charge is 0.254 e. The molecular formula is C18H17BrN2O3. The molecule has 24 heavy (non-hydrogen) atoms. The van der Waals surface area contributed by atoms with Crippen molar-refractivity contribution in [2.75, 3.05) is 37.9 Å². The normalized spacial score (nSPS) is 16.4. The van der Waals surface area contributed by atoms with Gasteiger partial charge in [0.25, 0.3) is 5.91 Å². The number of halogens is 1. The number of para-hydroxylation sites is 1. The van der Waals surface area contributed by atoms with Crippen molar-refractivity contribution < 1.29 is 14.3 Å². The molecule has 6 heteroatoms. The molecule has 2 aromatic carbocycles. The van der Waals surface area contributed by atoms with E-state index in [1.807, 2.05) is 23.1 Å². The molecule has 4 rings (SSSR count). The number of carbonyl (C=O) groups is 1. The van der Waals surface area contributed by atoms with Crippen molar-refractivity contribution in [3.8, 4) is 11.5 Å². The van der Waals surface area contributed by atoms with Gasteiger partial charge in [-0.2, -0.15) is 0 Å². The van der Waals surface area contributed by atoms with E-state index >= 15 is 0 Å². The summed E-state index contributed by atoms with van der Waals surface area (Å²) in [7, 11) is 0. The maximum absolute atomic E-state index is 12.7. The molecule has 1 saturated heterocycles. The molecule has 0 atom stereocenters. The molecule has 5 nitrogen and oxygen atoms in total. The summed E-state index contributed by atoms with van der Waals surface area (Å²) in [5.41, 5.74) is 1.82. The monoisotopic (exact) mass is 388 g/mol. The predicted octanol–water partition coefficient (Wildman–Crippen LogP) is 3.14. The van der Waals surface area contributed by atoms with Gasteiger partial charge in [-0.05, 0) is 46.3 Å². The van der Waals surface area contributed by atoms with Crippen molar-refractivity contribution in [1.82, 2.24) is 4.90 Å². The number of rotatable bonds is 2. The lowest BCUT2D eigenvalue weighted by Crippen LogP contribution is -2.48. The van der Waals surface area contributed by atoms with Crippen LogP contribution in [0.4, 0.5) is 5.69 Å². The number of nitrogens with zero attached hydrogens (tertiary/aromatic N) is 2. The Morgan fingerprint density at radius 1 is 0.958 bits per heavy atom. The Labute approximate surface area is 148 Å². The van der Waals surface area contributed by atoms with Crippen LogP contribution < -0.4 is 14.4 Å². The van der Waals surface area contributed by atoms with E-state index in [1.54, 1.807) is 18.2 Å². The van der Waals surface area contributed by atoms with Crippen molar-refractivity contribution in [2.24, 2.45) is 0 Å². The van der Waals surface area contributed by atoms with Gasteiger partial charge in [-0.3, -0.25) is 4.79 Å². The van der Waals surface area contributed by atoms with E-state index in [2.05, 4.69) is 26.9 Å². The molecule has 2 aromatic rings. The van der Waals surface area contributed by atoms with Crippen LogP contribution in [0.15, 0.2) is 46.9 Å². The Bertz CT molecular complexity index is 773. The fourth-order valence-corrected chi connectivity index (χ4v) is 3.61. The van der Waals surface area contributed by atoms with Gasteiger partial charge in [0, 0.05) is 36.2 Å². The summed E-state index contributed by atoms with van der Waals surface area (Å²) in [4.78, 5) is 16.9. The summed E-state index contributed by atoms with van der Waals surface area (Å²) < 4.78 is 11.7. The molecule has 0 saturated carbocycles. The molecule has 0 N–H and O–H groups in total. The minimum Gasteiger partial charge on any atom is -0.454 e. The topological polar surface area (TPSA) is 42.0 Å². The van der Waals surface area contributed by atoms with Gasteiger partial charge in [0.05, 0.1) is 5.69 Å². The summed E-state index contributed by atoms with van der Waals surface area (Å²) in [6, 6.07) is 13.5. The molecule has 2 aliphatic rings. The standard InChI is InChI=1S/C18H17BrN2O3/c19-14-3-1-2-4-15(14)20-7-9-21(10-8-20)18(22)13-5-6-16-17(11-13)24-12-23-16/h1-6,11H,7-10,12H2. The van der Waals surface area contributed by atoms with Crippen LogP contribution in [0.25, 0.3) is 0 Å². The minimum atomic E-state index is 0.0417. The first kappa shape index (κ1) is 15.3. The zero-order valence-corrected chi connectivity index (χ0v) is 14.7. The highest BCUT2D eigenvalue weighted by Gasteiger charge is 2.24. The number of hydrogen-bond donors (Lipinski definition) is 0. The summed E-state index contributed by atoms with van der Waals surface area (Å²) in [5, 5.41) is 0. The maximum atomic E-state index is 12.7. The van der Waals surface area contributed by atoms with E-state index in [0.29, 0.717) is 30.2 Å². The largest absolute Gasteiger partial charge is 0.454 e. The van der Waals surface area contributed by atoms with Crippen molar-refractivity contribution >= 4 is 27.5 Å². The molecule has 2 aliphatic heterocycles. The van der Waals surface area contributed by atoms with Gasteiger partial charge >= 0.3 is 0 Å². The summed E-state index contributed by atoms with van der Waals surface area (Å²) in [6.45, 7) is 3.26. The first-order valence-corrected chi connectivity index (χ1v) is 8.70. The third-order valence-corrected chi connectivity index (χ3v) is 5.05. The average Bonchev–Trinajstić information content (AvgIpc) is 3.09. The number of fused-ring (bicyclic) bond motifs is 1. The molecule has 0 radical (unpaired) electrons. The Balaban J connectivity index is 1.44. The van der Waals surface area contributed by atoms with E-state index in [9.17, 15) is 4.79 Å². The average molecular weight is 389 g/mol. The third-order valence-electron chi connectivity index (χ3n) is 4.38. The Morgan fingerprint density at radius 3 is 2.50 bits per heavy atom. The fourth-order valence-electron chi connectivity index (χ4n) is 3.07. The molecule has 2 heterocycles. The molecule has 1 fully saturated rings. The lowest BCUT2D eigenvalue weighted by Gasteiger charge is -2.36. The zero-order chi connectivity index (χ0) is 16.5. The third kappa shape index (κ3) is 2.82. The van der Waals surface area contributed by atoms with Gasteiger partial charge in [0.2, 0.25) is 6.79 Å². The summed E-state index contributed by atoms with van der Waals surface area (Å²) in [5.74, 6) is 1.39. The lowest BCUT2D eigenvalue weighted by atomic mass is 10.1. The van der Waals surface area contributed by atoms with Crippen molar-refractivity contribution in [2.45, 2.75) is 0 Å². The van der Waals surface area contributed by atoms with Gasteiger partial charge in [0.1, 0.15) is 0 Å². The van der Waals surface area contributed by atoms with Crippen LogP contribution in [0.5, 0.6) is 11.5 Å². The Morgan fingerprint density at radius 2 is 1.71 bits per heavy atom. The van der Waals surface area contributed by atoms with E-state index in [0.717, 1.165) is 17.6 Å². The maximum Gasteiger partial charge on any atom is 0.254 e. The van der Waals surface area contributed by atoms with Gasteiger partial charge in [0.15, 0.2) is 11.5 Å². The van der Waals surface area contributed by atoms with Crippen molar-refractivity contribution in [3.63, 3.8) is 0 Å². The Kier molecular flexibility index (Phi) is 4.06. The molecule has 0 unspecified atom stereocenters. The van der Waals surface area contributed by atoms with Gasteiger partial charge < -0.3 is 19.3 Å². The number of carbonyl (C=O) groups excluding carboxylic acids is 1. The zero-order valence-electron chi connectivity index (χ0n) is 13.1. The van der Waals surface area contributed by atoms with Gasteiger partial charge in [-0.25, -0.2) is 0 Å². The number of anilines is 1. The Hall–Kier alpha value is -2.21. The second-order valence-electron chi connectivity index (χ2n) is 5.80. The number of hydrogen-bond acceptors (Lipinski definition) is 4. The first-order chi connectivity index (χ1) is 11.7. The van der Waals surface area contributed by atoms with Crippen LogP contribution in [0.2, 0.25) is 0 Å². The highest BCUT2D eigenvalue weighted by molar-refractivity contribution is 9.10. The first-order valence-electron chi connectivity index (χ1n) is 7.91. The SMILES string of the molecule is O=C(c1ccc2c(c1)OCO2)N1CCN(c2ccccc2Br)CC1. The van der Waals surface area contributed by atoms with Crippen molar-refractivity contribution in [1.29, 1.82) is 0 Å². The van der Waals surface area contributed by atoms with E-state index in [4.69, 9.17) is 9.47 Å². The molecule has 0 bridgehead atoms. The molecule has 0 aliphatic carbocycles. The second kappa shape index (κ2) is 6.36. The molecule has 0 aromatic heterocycles. The van der Waals surface area contributed by atoms with Gasteiger partial charge in [-0.15, -0.1) is 0 Å². The molecular weight excluding hydrogens is 372 g/mol. The van der Waals surface area contributed by atoms with Gasteiger partial charge in [-0.1, -0.05) is 12.1 Å². The molecule has 1 amide bonds. The number of amides is 1. The lowest BCUT2D eigenvalue weighted by molar-refractivity contribution is 0.0746. The quantitative estimate of drug-likeness (QED) is 0.792. The second-order valence-corrected chi connectivity index (χ2v) is 6.65. The highest BCUT2D eigenvalue weighted by Crippen LogP contribution is 2.33. The van der Waals surface area contributed by atoms with Crippen LogP contribution >= 0.6 is 15.9 Å². The minimum absolute atomic E-state index is 0.0417. The number of benzene rings is 2.